The molecule has 0 saturated carbocycles. The van der Waals surface area contributed by atoms with Gasteiger partial charge in [-0.05, 0) is 45.2 Å². The van der Waals surface area contributed by atoms with E-state index in [1.165, 1.54) is 32.5 Å². The quantitative estimate of drug-likeness (QED) is 0.891. The van der Waals surface area contributed by atoms with Crippen LogP contribution in [-0.4, -0.2) is 40.8 Å². The summed E-state index contributed by atoms with van der Waals surface area (Å²) in [5, 5.41) is 14.0. The second-order valence-corrected chi connectivity index (χ2v) is 6.15. The zero-order chi connectivity index (χ0) is 13.0. The van der Waals surface area contributed by atoms with E-state index < -0.39 is 0 Å². The average Bonchev–Trinajstić information content (AvgIpc) is 2.86. The van der Waals surface area contributed by atoms with E-state index in [1.807, 2.05) is 0 Å². The van der Waals surface area contributed by atoms with E-state index in [2.05, 4.69) is 41.2 Å². The Bertz CT molecular complexity index is 366. The minimum Gasteiger partial charge on any atom is -0.357 e. The molecular weight excluding hydrogens is 244 g/mol. The first-order valence-electron chi connectivity index (χ1n) is 7.04. The van der Waals surface area contributed by atoms with Crippen molar-refractivity contribution in [3.63, 3.8) is 0 Å². The number of likely N-dealkylation sites (tertiary alicyclic amines) is 1. The second kappa shape index (κ2) is 6.48. The van der Waals surface area contributed by atoms with E-state index in [-0.39, 0.29) is 0 Å². The summed E-state index contributed by atoms with van der Waals surface area (Å²) in [7, 11) is 0. The number of nitrogens with zero attached hydrogens (tertiary/aromatic N) is 3. The lowest BCUT2D eigenvalue weighted by molar-refractivity contribution is 0.172. The minimum absolute atomic E-state index is 0.483. The average molecular weight is 268 g/mol. The maximum atomic E-state index is 4.20. The molecule has 2 heterocycles. The third-order valence-corrected chi connectivity index (χ3v) is 4.82. The molecule has 0 spiro atoms. The van der Waals surface area contributed by atoms with Crippen LogP contribution in [0.25, 0.3) is 0 Å². The predicted molar refractivity (Wildman–Crippen MR) is 77.2 cm³/mol. The van der Waals surface area contributed by atoms with Crippen LogP contribution in [0, 0.1) is 5.92 Å². The molecule has 2 atom stereocenters. The summed E-state index contributed by atoms with van der Waals surface area (Å²) in [4.78, 5) is 2.55. The highest BCUT2D eigenvalue weighted by atomic mass is 32.1. The zero-order valence-electron chi connectivity index (χ0n) is 11.6. The predicted octanol–water partition coefficient (Wildman–Crippen LogP) is 2.63. The van der Waals surface area contributed by atoms with Gasteiger partial charge in [0.25, 0.3) is 0 Å². The summed E-state index contributed by atoms with van der Waals surface area (Å²) >= 11 is 1.68. The van der Waals surface area contributed by atoms with Crippen molar-refractivity contribution in [1.29, 1.82) is 0 Å². The second-order valence-electron chi connectivity index (χ2n) is 5.08. The summed E-state index contributed by atoms with van der Waals surface area (Å²) in [5.41, 5.74) is 0. The number of anilines is 1. The van der Waals surface area contributed by atoms with E-state index in [0.29, 0.717) is 6.04 Å². The first-order chi connectivity index (χ1) is 8.72. The summed E-state index contributed by atoms with van der Waals surface area (Å²) < 4.78 is 0. The Morgan fingerprint density at radius 3 is 2.94 bits per heavy atom. The maximum Gasteiger partial charge on any atom is 0.205 e. The molecule has 4 nitrogen and oxygen atoms in total. The molecule has 1 aromatic heterocycles. The van der Waals surface area contributed by atoms with Crippen molar-refractivity contribution in [1.82, 2.24) is 15.1 Å². The fraction of sp³-hybridized carbons (Fsp3) is 0.846. The Hall–Kier alpha value is -0.680. The number of rotatable bonds is 5. The first kappa shape index (κ1) is 13.7. The lowest BCUT2D eigenvalue weighted by Gasteiger charge is -2.35. The van der Waals surface area contributed by atoms with Gasteiger partial charge in [0.05, 0.1) is 0 Å². The highest BCUT2D eigenvalue weighted by Gasteiger charge is 2.24. The van der Waals surface area contributed by atoms with Crippen LogP contribution in [0.15, 0.2) is 0 Å². The number of hydrogen-bond donors (Lipinski definition) is 1. The summed E-state index contributed by atoms with van der Waals surface area (Å²) in [6.07, 6.45) is 3.62. The molecule has 0 amide bonds. The third kappa shape index (κ3) is 3.42. The van der Waals surface area contributed by atoms with Crippen molar-refractivity contribution in [2.75, 3.05) is 25.0 Å². The van der Waals surface area contributed by atoms with Gasteiger partial charge in [0, 0.05) is 12.6 Å². The van der Waals surface area contributed by atoms with Crippen LogP contribution in [-0.2, 0) is 6.42 Å². The molecular formula is C13H24N4S. The smallest absolute Gasteiger partial charge is 0.205 e. The molecule has 1 fully saturated rings. The molecule has 0 aromatic carbocycles. The highest BCUT2D eigenvalue weighted by molar-refractivity contribution is 7.15. The fourth-order valence-electron chi connectivity index (χ4n) is 2.55. The van der Waals surface area contributed by atoms with E-state index in [1.54, 1.807) is 11.3 Å². The molecule has 0 aliphatic carbocycles. The summed E-state index contributed by atoms with van der Waals surface area (Å²) in [6, 6.07) is 0.483. The van der Waals surface area contributed by atoms with Gasteiger partial charge in [0.2, 0.25) is 5.13 Å². The number of aryl methyl sites for hydroxylation is 1. The van der Waals surface area contributed by atoms with Crippen LogP contribution in [0.3, 0.4) is 0 Å². The van der Waals surface area contributed by atoms with Gasteiger partial charge in [-0.1, -0.05) is 25.2 Å². The number of nitrogens with one attached hydrogen (secondary N) is 1. The standard InChI is InChI=1S/C13H24N4S/c1-4-12-15-16-13(18-12)14-10(3)11-7-6-8-17(5-2)9-11/h10-11H,4-9H2,1-3H3,(H,14,16). The summed E-state index contributed by atoms with van der Waals surface area (Å²) in [6.45, 7) is 10.3. The molecule has 5 heteroatoms. The third-order valence-electron chi connectivity index (χ3n) is 3.82. The molecule has 2 rings (SSSR count). The topological polar surface area (TPSA) is 41.1 Å². The van der Waals surface area contributed by atoms with Crippen LogP contribution in [0.5, 0.6) is 0 Å². The summed E-state index contributed by atoms with van der Waals surface area (Å²) in [5.74, 6) is 0.729. The highest BCUT2D eigenvalue weighted by Crippen LogP contribution is 2.23. The molecule has 1 saturated heterocycles. The first-order valence-corrected chi connectivity index (χ1v) is 7.85. The molecule has 2 unspecified atom stereocenters. The van der Waals surface area contributed by atoms with Gasteiger partial charge in [-0.25, -0.2) is 0 Å². The fourth-order valence-corrected chi connectivity index (χ4v) is 3.33. The van der Waals surface area contributed by atoms with Gasteiger partial charge in [-0.15, -0.1) is 10.2 Å². The molecule has 1 N–H and O–H groups in total. The molecule has 1 aromatic rings. The van der Waals surface area contributed by atoms with E-state index >= 15 is 0 Å². The van der Waals surface area contributed by atoms with Crippen molar-refractivity contribution >= 4 is 16.5 Å². The largest absolute Gasteiger partial charge is 0.357 e. The van der Waals surface area contributed by atoms with Crippen molar-refractivity contribution in [3.05, 3.63) is 5.01 Å². The van der Waals surface area contributed by atoms with Crippen molar-refractivity contribution in [3.8, 4) is 0 Å². The molecule has 1 aliphatic rings. The maximum absolute atomic E-state index is 4.20. The SMILES string of the molecule is CCc1nnc(NC(C)C2CCCN(CC)C2)s1. The van der Waals surface area contributed by atoms with E-state index in [9.17, 15) is 0 Å². The molecule has 0 radical (unpaired) electrons. The Morgan fingerprint density at radius 1 is 1.44 bits per heavy atom. The number of piperidine rings is 1. The Morgan fingerprint density at radius 2 is 2.28 bits per heavy atom. The van der Waals surface area contributed by atoms with Gasteiger partial charge < -0.3 is 10.2 Å². The van der Waals surface area contributed by atoms with Gasteiger partial charge in [0.1, 0.15) is 5.01 Å². The van der Waals surface area contributed by atoms with Gasteiger partial charge in [0.15, 0.2) is 0 Å². The minimum atomic E-state index is 0.483. The van der Waals surface area contributed by atoms with Gasteiger partial charge in [-0.2, -0.15) is 0 Å². The number of hydrogen-bond acceptors (Lipinski definition) is 5. The van der Waals surface area contributed by atoms with Crippen LogP contribution >= 0.6 is 11.3 Å². The van der Waals surface area contributed by atoms with Gasteiger partial charge >= 0.3 is 0 Å². The van der Waals surface area contributed by atoms with E-state index in [4.69, 9.17) is 0 Å². The van der Waals surface area contributed by atoms with Gasteiger partial charge in [-0.3, -0.25) is 0 Å². The molecule has 102 valence electrons. The van der Waals surface area contributed by atoms with Crippen LogP contribution in [0.1, 0.15) is 38.6 Å². The van der Waals surface area contributed by atoms with Crippen LogP contribution in [0.2, 0.25) is 0 Å². The lowest BCUT2D eigenvalue weighted by atomic mass is 9.92. The Labute approximate surface area is 114 Å². The molecule has 1 aliphatic heterocycles. The normalized spacial score (nSPS) is 22.9. The monoisotopic (exact) mass is 268 g/mol. The molecule has 18 heavy (non-hydrogen) atoms. The number of aromatic nitrogens is 2. The van der Waals surface area contributed by atoms with Crippen LogP contribution in [0.4, 0.5) is 5.13 Å². The van der Waals surface area contributed by atoms with E-state index in [0.717, 1.165) is 22.5 Å². The molecule has 0 bridgehead atoms. The Kier molecular flexibility index (Phi) is 4.95. The Balaban J connectivity index is 1.88. The van der Waals surface area contributed by atoms with Crippen molar-refractivity contribution < 1.29 is 0 Å². The zero-order valence-corrected chi connectivity index (χ0v) is 12.5. The lowest BCUT2D eigenvalue weighted by Crippen LogP contribution is -2.41. The van der Waals surface area contributed by atoms with Crippen LogP contribution < -0.4 is 5.32 Å². The van der Waals surface area contributed by atoms with Crippen molar-refractivity contribution in [2.45, 2.75) is 46.1 Å². The van der Waals surface area contributed by atoms with Crippen molar-refractivity contribution in [2.24, 2.45) is 5.92 Å².